The van der Waals surface area contributed by atoms with Gasteiger partial charge in [0.2, 0.25) is 0 Å². The normalized spacial score (nSPS) is 13.7. The molecule has 1 unspecified atom stereocenters. The predicted octanol–water partition coefficient (Wildman–Crippen LogP) is 2.27. The minimum Gasteiger partial charge on any atom is -0.493 e. The summed E-state index contributed by atoms with van der Waals surface area (Å²) in [7, 11) is 1.31. The molecule has 20 heavy (non-hydrogen) atoms. The highest BCUT2D eigenvalue weighted by molar-refractivity contribution is 5.80. The predicted molar refractivity (Wildman–Crippen MR) is 70.6 cm³/mol. The van der Waals surface area contributed by atoms with Gasteiger partial charge in [0, 0.05) is 24.6 Å². The van der Waals surface area contributed by atoms with E-state index in [1.807, 2.05) is 6.92 Å². The molecule has 0 amide bonds. The Balaban J connectivity index is 2.62. The number of carbonyl (C=O) groups excluding carboxylic acids is 1. The van der Waals surface area contributed by atoms with Gasteiger partial charge in [0.1, 0.15) is 22.9 Å². The van der Waals surface area contributed by atoms with Crippen LogP contribution in [0.5, 0.6) is 5.75 Å². The highest BCUT2D eigenvalue weighted by atomic mass is 19.1. The van der Waals surface area contributed by atoms with Gasteiger partial charge in [-0.25, -0.2) is 8.78 Å². The summed E-state index contributed by atoms with van der Waals surface area (Å²) in [6.45, 7) is 4.27. The van der Waals surface area contributed by atoms with Crippen molar-refractivity contribution in [3.63, 3.8) is 0 Å². The molecule has 6 heteroatoms. The fourth-order valence-electron chi connectivity index (χ4n) is 1.86. The smallest absolute Gasteiger partial charge is 0.325 e. The third-order valence-electron chi connectivity index (χ3n) is 2.91. The number of methoxy groups -OCH3 is 1. The molecule has 112 valence electrons. The van der Waals surface area contributed by atoms with Crippen LogP contribution >= 0.6 is 0 Å². The molecular weight excluding hydrogens is 268 g/mol. The molecule has 0 saturated carbocycles. The first kappa shape index (κ1) is 16.4. The van der Waals surface area contributed by atoms with Crippen LogP contribution in [-0.4, -0.2) is 31.8 Å². The zero-order valence-corrected chi connectivity index (χ0v) is 11.8. The van der Waals surface area contributed by atoms with Gasteiger partial charge >= 0.3 is 5.97 Å². The second-order valence-electron chi connectivity index (χ2n) is 4.56. The third kappa shape index (κ3) is 4.45. The van der Waals surface area contributed by atoms with Crippen LogP contribution in [0.2, 0.25) is 0 Å². The molecule has 0 bridgehead atoms. The van der Waals surface area contributed by atoms with Crippen LogP contribution in [0, 0.1) is 11.6 Å². The number of benzene rings is 1. The number of nitrogens with one attached hydrogen (secondary N) is 1. The maximum absolute atomic E-state index is 13.0. The first-order valence-corrected chi connectivity index (χ1v) is 6.33. The summed E-state index contributed by atoms with van der Waals surface area (Å²) in [5.74, 6) is -1.73. The zero-order valence-electron chi connectivity index (χ0n) is 11.8. The lowest BCUT2D eigenvalue weighted by Gasteiger charge is -2.27. The van der Waals surface area contributed by atoms with Crippen LogP contribution in [0.3, 0.4) is 0 Å². The van der Waals surface area contributed by atoms with E-state index in [-0.39, 0.29) is 12.4 Å². The molecule has 1 aromatic rings. The van der Waals surface area contributed by atoms with Crippen molar-refractivity contribution in [3.8, 4) is 5.75 Å². The highest BCUT2D eigenvalue weighted by Crippen LogP contribution is 2.17. The van der Waals surface area contributed by atoms with E-state index in [0.717, 1.165) is 18.2 Å². The largest absolute Gasteiger partial charge is 0.493 e. The molecule has 0 aliphatic heterocycles. The lowest BCUT2D eigenvalue weighted by atomic mass is 9.98. The number of hydrogen-bond donors (Lipinski definition) is 1. The standard InChI is InChI=1S/C14H19F2NO3/c1-4-17-14(2,13(18)19-3)5-6-20-12-8-10(15)7-11(16)9-12/h7-9,17H,4-6H2,1-3H3. The van der Waals surface area contributed by atoms with Crippen molar-refractivity contribution in [1.82, 2.24) is 5.32 Å². The van der Waals surface area contributed by atoms with E-state index >= 15 is 0 Å². The molecule has 0 fully saturated rings. The van der Waals surface area contributed by atoms with Crippen molar-refractivity contribution in [1.29, 1.82) is 0 Å². The van der Waals surface area contributed by atoms with E-state index < -0.39 is 23.1 Å². The summed E-state index contributed by atoms with van der Waals surface area (Å²) in [4.78, 5) is 11.7. The van der Waals surface area contributed by atoms with Gasteiger partial charge in [0.15, 0.2) is 0 Å². The number of esters is 1. The fraction of sp³-hybridized carbons (Fsp3) is 0.500. The SMILES string of the molecule is CCNC(C)(CCOc1cc(F)cc(F)c1)C(=O)OC. The Morgan fingerprint density at radius 1 is 1.30 bits per heavy atom. The lowest BCUT2D eigenvalue weighted by molar-refractivity contribution is -0.148. The first-order valence-electron chi connectivity index (χ1n) is 6.33. The second kappa shape index (κ2) is 7.19. The second-order valence-corrected chi connectivity index (χ2v) is 4.56. The Hall–Kier alpha value is -1.69. The number of rotatable bonds is 7. The minimum atomic E-state index is -0.893. The average molecular weight is 287 g/mol. The molecule has 0 heterocycles. The minimum absolute atomic E-state index is 0.0891. The number of ether oxygens (including phenoxy) is 2. The Labute approximate surface area is 117 Å². The van der Waals surface area contributed by atoms with Crippen LogP contribution in [0.25, 0.3) is 0 Å². The van der Waals surface area contributed by atoms with Crippen LogP contribution < -0.4 is 10.1 Å². The van der Waals surface area contributed by atoms with Crippen molar-refractivity contribution in [2.75, 3.05) is 20.3 Å². The van der Waals surface area contributed by atoms with Crippen molar-refractivity contribution in [2.45, 2.75) is 25.8 Å². The molecule has 0 saturated heterocycles. The van der Waals surface area contributed by atoms with Gasteiger partial charge < -0.3 is 14.8 Å². The molecule has 0 aliphatic carbocycles. The monoisotopic (exact) mass is 287 g/mol. The quantitative estimate of drug-likeness (QED) is 0.782. The highest BCUT2D eigenvalue weighted by Gasteiger charge is 2.33. The van der Waals surface area contributed by atoms with Crippen molar-refractivity contribution in [3.05, 3.63) is 29.8 Å². The number of halogens is 2. The molecule has 1 atom stereocenters. The zero-order chi connectivity index (χ0) is 15.2. The Kier molecular flexibility index (Phi) is 5.88. The van der Waals surface area contributed by atoms with E-state index in [2.05, 4.69) is 5.32 Å². The maximum atomic E-state index is 13.0. The van der Waals surface area contributed by atoms with E-state index in [9.17, 15) is 13.6 Å². The molecule has 0 spiro atoms. The summed E-state index contributed by atoms with van der Waals surface area (Å²) in [5.41, 5.74) is -0.893. The molecule has 0 aromatic heterocycles. The number of likely N-dealkylation sites (N-methyl/N-ethyl adjacent to an activating group) is 1. The van der Waals surface area contributed by atoms with Gasteiger partial charge in [0.05, 0.1) is 13.7 Å². The third-order valence-corrected chi connectivity index (χ3v) is 2.91. The van der Waals surface area contributed by atoms with Crippen LogP contribution in [0.4, 0.5) is 8.78 Å². The summed E-state index contributed by atoms with van der Waals surface area (Å²) in [6.07, 6.45) is 0.311. The molecule has 1 rings (SSSR count). The van der Waals surface area contributed by atoms with E-state index in [4.69, 9.17) is 9.47 Å². The van der Waals surface area contributed by atoms with Gasteiger partial charge in [-0.15, -0.1) is 0 Å². The first-order chi connectivity index (χ1) is 9.41. The molecular formula is C14H19F2NO3. The van der Waals surface area contributed by atoms with Crippen molar-refractivity contribution < 1.29 is 23.0 Å². The summed E-state index contributed by atoms with van der Waals surface area (Å²) in [5, 5.41) is 3.02. The summed E-state index contributed by atoms with van der Waals surface area (Å²) in [6, 6.07) is 2.95. The van der Waals surface area contributed by atoms with Gasteiger partial charge in [-0.2, -0.15) is 0 Å². The Bertz CT molecular complexity index is 447. The Morgan fingerprint density at radius 3 is 2.40 bits per heavy atom. The van der Waals surface area contributed by atoms with Crippen LogP contribution in [0.15, 0.2) is 18.2 Å². The van der Waals surface area contributed by atoms with E-state index in [0.29, 0.717) is 13.0 Å². The molecule has 4 nitrogen and oxygen atoms in total. The maximum Gasteiger partial charge on any atom is 0.325 e. The molecule has 1 aromatic carbocycles. The van der Waals surface area contributed by atoms with Crippen molar-refractivity contribution >= 4 is 5.97 Å². The lowest BCUT2D eigenvalue weighted by Crippen LogP contribution is -2.51. The summed E-state index contributed by atoms with van der Waals surface area (Å²) >= 11 is 0. The van der Waals surface area contributed by atoms with E-state index in [1.54, 1.807) is 6.92 Å². The number of carbonyl (C=O) groups is 1. The number of hydrogen-bond acceptors (Lipinski definition) is 4. The van der Waals surface area contributed by atoms with E-state index in [1.165, 1.54) is 7.11 Å². The van der Waals surface area contributed by atoms with Crippen LogP contribution in [-0.2, 0) is 9.53 Å². The van der Waals surface area contributed by atoms with Gasteiger partial charge in [-0.05, 0) is 13.5 Å². The van der Waals surface area contributed by atoms with Gasteiger partial charge in [0.25, 0.3) is 0 Å². The Morgan fingerprint density at radius 2 is 1.90 bits per heavy atom. The summed E-state index contributed by atoms with van der Waals surface area (Å²) < 4.78 is 36.0. The average Bonchev–Trinajstić information content (AvgIpc) is 2.37. The fourth-order valence-corrected chi connectivity index (χ4v) is 1.86. The molecule has 1 N–H and O–H groups in total. The van der Waals surface area contributed by atoms with Crippen molar-refractivity contribution in [2.24, 2.45) is 0 Å². The van der Waals surface area contributed by atoms with Crippen LogP contribution in [0.1, 0.15) is 20.3 Å². The van der Waals surface area contributed by atoms with Gasteiger partial charge in [-0.1, -0.05) is 6.92 Å². The topological polar surface area (TPSA) is 47.6 Å². The molecule has 0 aliphatic rings. The van der Waals surface area contributed by atoms with Gasteiger partial charge in [-0.3, -0.25) is 4.79 Å². The molecule has 0 radical (unpaired) electrons.